The Hall–Kier alpha value is -2.56. The molecule has 0 atom stereocenters. The molecule has 0 amide bonds. The SMILES string of the molecule is Cc1c(-c2cccc(Cl)c2)nc2ccc(-c3ccc(CO)o3)cn12. The van der Waals surface area contributed by atoms with Crippen molar-refractivity contribution in [2.45, 2.75) is 13.5 Å². The van der Waals surface area contributed by atoms with E-state index in [2.05, 4.69) is 0 Å². The molecular formula is C19H15ClN2O2. The van der Waals surface area contributed by atoms with Crippen LogP contribution in [0.3, 0.4) is 0 Å². The van der Waals surface area contributed by atoms with Gasteiger partial charge in [-0.25, -0.2) is 4.98 Å². The summed E-state index contributed by atoms with van der Waals surface area (Å²) in [5.74, 6) is 1.27. The third-order valence-electron chi connectivity index (χ3n) is 4.06. The molecule has 0 fully saturated rings. The number of nitrogens with zero attached hydrogens (tertiary/aromatic N) is 2. The Balaban J connectivity index is 1.84. The first kappa shape index (κ1) is 15.0. The molecule has 0 aliphatic carbocycles. The minimum Gasteiger partial charge on any atom is -0.459 e. The van der Waals surface area contributed by atoms with Crippen LogP contribution < -0.4 is 0 Å². The van der Waals surface area contributed by atoms with Gasteiger partial charge >= 0.3 is 0 Å². The van der Waals surface area contributed by atoms with Crippen LogP contribution in [0.5, 0.6) is 0 Å². The summed E-state index contributed by atoms with van der Waals surface area (Å²) in [7, 11) is 0. The van der Waals surface area contributed by atoms with Crippen LogP contribution in [0, 0.1) is 6.92 Å². The van der Waals surface area contributed by atoms with Crippen LogP contribution >= 0.6 is 11.6 Å². The number of aliphatic hydroxyl groups excluding tert-OH is 1. The van der Waals surface area contributed by atoms with Crippen molar-refractivity contribution in [3.05, 3.63) is 71.2 Å². The number of rotatable bonds is 3. The number of benzene rings is 1. The average Bonchev–Trinajstić information content (AvgIpc) is 3.20. The molecule has 3 aromatic heterocycles. The molecule has 0 saturated heterocycles. The molecule has 0 spiro atoms. The van der Waals surface area contributed by atoms with Crippen molar-refractivity contribution >= 4 is 17.2 Å². The highest BCUT2D eigenvalue weighted by Gasteiger charge is 2.12. The summed E-state index contributed by atoms with van der Waals surface area (Å²) < 4.78 is 7.65. The van der Waals surface area contributed by atoms with Gasteiger partial charge in [-0.05, 0) is 43.3 Å². The Labute approximate surface area is 144 Å². The van der Waals surface area contributed by atoms with Crippen LogP contribution in [0.1, 0.15) is 11.5 Å². The molecule has 0 bridgehead atoms. The Morgan fingerprint density at radius 3 is 2.75 bits per heavy atom. The van der Waals surface area contributed by atoms with Crippen LogP contribution in [-0.4, -0.2) is 14.5 Å². The van der Waals surface area contributed by atoms with Gasteiger partial charge < -0.3 is 13.9 Å². The maximum atomic E-state index is 9.15. The zero-order valence-corrected chi connectivity index (χ0v) is 13.8. The molecule has 0 unspecified atom stereocenters. The van der Waals surface area contributed by atoms with Crippen LogP contribution in [0.4, 0.5) is 0 Å². The summed E-state index contributed by atoms with van der Waals surface area (Å²) in [5.41, 5.74) is 4.72. The number of pyridine rings is 1. The lowest BCUT2D eigenvalue weighted by Gasteiger charge is -2.02. The molecule has 120 valence electrons. The molecule has 24 heavy (non-hydrogen) atoms. The minimum atomic E-state index is -0.106. The van der Waals surface area contributed by atoms with Crippen molar-refractivity contribution in [1.82, 2.24) is 9.38 Å². The highest BCUT2D eigenvalue weighted by Crippen LogP contribution is 2.28. The van der Waals surface area contributed by atoms with Gasteiger partial charge in [-0.3, -0.25) is 0 Å². The van der Waals surface area contributed by atoms with Crippen molar-refractivity contribution in [2.24, 2.45) is 0 Å². The molecule has 3 heterocycles. The molecule has 0 saturated carbocycles. The van der Waals surface area contributed by atoms with Gasteiger partial charge in [-0.15, -0.1) is 0 Å². The smallest absolute Gasteiger partial charge is 0.137 e. The lowest BCUT2D eigenvalue weighted by Crippen LogP contribution is -1.89. The van der Waals surface area contributed by atoms with Crippen molar-refractivity contribution in [1.29, 1.82) is 0 Å². The fourth-order valence-electron chi connectivity index (χ4n) is 2.84. The maximum Gasteiger partial charge on any atom is 0.137 e. The van der Waals surface area contributed by atoms with E-state index in [1.54, 1.807) is 6.07 Å². The van der Waals surface area contributed by atoms with E-state index in [0.29, 0.717) is 10.8 Å². The number of hydrogen-bond donors (Lipinski definition) is 1. The first-order valence-corrected chi connectivity index (χ1v) is 7.98. The van der Waals surface area contributed by atoms with Crippen molar-refractivity contribution in [3.8, 4) is 22.6 Å². The lowest BCUT2D eigenvalue weighted by atomic mass is 10.1. The first-order chi connectivity index (χ1) is 11.7. The van der Waals surface area contributed by atoms with Crippen LogP contribution in [-0.2, 0) is 6.61 Å². The van der Waals surface area contributed by atoms with E-state index in [9.17, 15) is 0 Å². The van der Waals surface area contributed by atoms with Crippen molar-refractivity contribution < 1.29 is 9.52 Å². The normalized spacial score (nSPS) is 11.3. The van der Waals surface area contributed by atoms with E-state index in [-0.39, 0.29) is 6.61 Å². The molecule has 0 radical (unpaired) electrons. The molecule has 1 aromatic carbocycles. The first-order valence-electron chi connectivity index (χ1n) is 7.60. The van der Waals surface area contributed by atoms with E-state index < -0.39 is 0 Å². The predicted molar refractivity (Wildman–Crippen MR) is 94.0 cm³/mol. The molecular weight excluding hydrogens is 324 g/mol. The molecule has 4 aromatic rings. The quantitative estimate of drug-likeness (QED) is 0.588. The monoisotopic (exact) mass is 338 g/mol. The highest BCUT2D eigenvalue weighted by molar-refractivity contribution is 6.30. The van der Waals surface area contributed by atoms with Gasteiger partial charge in [0.05, 0.1) is 5.69 Å². The third-order valence-corrected chi connectivity index (χ3v) is 4.29. The summed E-state index contributed by atoms with van der Waals surface area (Å²) in [4.78, 5) is 4.71. The zero-order chi connectivity index (χ0) is 16.7. The van der Waals surface area contributed by atoms with E-state index in [0.717, 1.165) is 33.9 Å². The van der Waals surface area contributed by atoms with Gasteiger partial charge in [0, 0.05) is 28.0 Å². The summed E-state index contributed by atoms with van der Waals surface area (Å²) in [6, 6.07) is 15.2. The van der Waals surface area contributed by atoms with Crippen LogP contribution in [0.15, 0.2) is 59.1 Å². The Morgan fingerprint density at radius 2 is 2.00 bits per heavy atom. The number of aromatic nitrogens is 2. The number of fused-ring (bicyclic) bond motifs is 1. The largest absolute Gasteiger partial charge is 0.459 e. The number of furan rings is 1. The molecule has 1 N–H and O–H groups in total. The summed E-state index contributed by atoms with van der Waals surface area (Å²) >= 11 is 6.10. The van der Waals surface area contributed by atoms with Gasteiger partial charge in [-0.1, -0.05) is 23.7 Å². The predicted octanol–water partition coefficient (Wildman–Crippen LogP) is 4.72. The van der Waals surface area contributed by atoms with E-state index >= 15 is 0 Å². The molecule has 4 nitrogen and oxygen atoms in total. The molecule has 4 rings (SSSR count). The highest BCUT2D eigenvalue weighted by atomic mass is 35.5. The Bertz CT molecular complexity index is 1030. The van der Waals surface area contributed by atoms with Crippen LogP contribution in [0.25, 0.3) is 28.2 Å². The number of aryl methyl sites for hydroxylation is 1. The van der Waals surface area contributed by atoms with Gasteiger partial charge in [0.15, 0.2) is 0 Å². The number of halogens is 1. The summed E-state index contributed by atoms with van der Waals surface area (Å²) in [6.45, 7) is 1.92. The molecule has 5 heteroatoms. The Morgan fingerprint density at radius 1 is 1.12 bits per heavy atom. The van der Waals surface area contributed by atoms with Crippen LogP contribution in [0.2, 0.25) is 5.02 Å². The van der Waals surface area contributed by atoms with Gasteiger partial charge in [0.2, 0.25) is 0 Å². The topological polar surface area (TPSA) is 50.7 Å². The average molecular weight is 339 g/mol. The van der Waals surface area contributed by atoms with Gasteiger partial charge in [0.25, 0.3) is 0 Å². The second-order valence-corrected chi connectivity index (χ2v) is 6.06. The summed E-state index contributed by atoms with van der Waals surface area (Å²) in [5, 5.41) is 9.84. The summed E-state index contributed by atoms with van der Waals surface area (Å²) in [6.07, 6.45) is 1.99. The second kappa shape index (κ2) is 5.82. The fourth-order valence-corrected chi connectivity index (χ4v) is 3.03. The third kappa shape index (κ3) is 2.50. The standard InChI is InChI=1S/C19H15ClN2O2/c1-12-19(13-3-2-4-15(20)9-13)21-18-8-5-14(10-22(12)18)17-7-6-16(11-23)24-17/h2-10,23H,11H2,1H3. The van der Waals surface area contributed by atoms with E-state index in [1.165, 1.54) is 0 Å². The number of hydrogen-bond acceptors (Lipinski definition) is 3. The second-order valence-electron chi connectivity index (χ2n) is 5.63. The fraction of sp³-hybridized carbons (Fsp3) is 0.105. The molecule has 0 aliphatic rings. The number of aliphatic hydroxyl groups is 1. The van der Waals surface area contributed by atoms with Gasteiger partial charge in [-0.2, -0.15) is 0 Å². The van der Waals surface area contributed by atoms with Gasteiger partial charge in [0.1, 0.15) is 23.8 Å². The van der Waals surface area contributed by atoms with Crippen molar-refractivity contribution in [3.63, 3.8) is 0 Å². The molecule has 0 aliphatic heterocycles. The Kier molecular flexibility index (Phi) is 3.63. The van der Waals surface area contributed by atoms with Crippen molar-refractivity contribution in [2.75, 3.05) is 0 Å². The number of imidazole rings is 1. The minimum absolute atomic E-state index is 0.106. The zero-order valence-electron chi connectivity index (χ0n) is 13.0. The lowest BCUT2D eigenvalue weighted by molar-refractivity contribution is 0.248. The maximum absolute atomic E-state index is 9.15. The van der Waals surface area contributed by atoms with E-state index in [4.69, 9.17) is 26.1 Å². The van der Waals surface area contributed by atoms with E-state index in [1.807, 2.05) is 60.0 Å².